The Morgan fingerprint density at radius 1 is 1.22 bits per heavy atom. The van der Waals surface area contributed by atoms with Gasteiger partial charge in [-0.05, 0) is 46.8 Å². The summed E-state index contributed by atoms with van der Waals surface area (Å²) in [6.07, 6.45) is -0.596. The molecule has 0 aliphatic heterocycles. The second kappa shape index (κ2) is 7.60. The molecule has 0 aliphatic carbocycles. The Balaban J connectivity index is 1.96. The van der Waals surface area contributed by atoms with Crippen molar-refractivity contribution in [1.29, 1.82) is 0 Å². The number of nitrogens with zero attached hydrogens (tertiary/aromatic N) is 3. The van der Waals surface area contributed by atoms with Crippen LogP contribution in [-0.2, 0) is 16.9 Å². The number of nitrogens with one attached hydrogen (secondary N) is 1. The maximum atomic E-state index is 11.9. The van der Waals surface area contributed by atoms with Gasteiger partial charge in [-0.3, -0.25) is 10.1 Å². The normalized spacial score (nSPS) is 11.7. The van der Waals surface area contributed by atoms with E-state index < -0.39 is 22.2 Å². The number of hydrogen-bond donors (Lipinski definition) is 1. The molecule has 0 spiro atoms. The van der Waals surface area contributed by atoms with Crippen molar-refractivity contribution in [2.75, 3.05) is 0 Å². The van der Waals surface area contributed by atoms with Crippen LogP contribution in [0.25, 0.3) is 0 Å². The highest BCUT2D eigenvalue weighted by molar-refractivity contribution is 5.68. The number of carbonyl (C=O) groups excluding carboxylic acids is 1. The predicted octanol–water partition coefficient (Wildman–Crippen LogP) is 3.32. The first-order valence-electron chi connectivity index (χ1n) is 8.18. The van der Waals surface area contributed by atoms with Gasteiger partial charge >= 0.3 is 6.09 Å². The standard InChI is InChI=1S/C17H22N4O6/c1-16(2,3)26-15(22)19-17(4,5)14-18-13(27-20-14)10-25-12-8-6-11(7-9-12)21(23)24/h6-9H,10H2,1-5H3,(H,19,22). The smallest absolute Gasteiger partial charge is 0.408 e. The van der Waals surface area contributed by atoms with E-state index in [-0.39, 0.29) is 24.0 Å². The van der Waals surface area contributed by atoms with E-state index in [0.717, 1.165) is 0 Å². The van der Waals surface area contributed by atoms with Gasteiger partial charge in [-0.1, -0.05) is 5.16 Å². The van der Waals surface area contributed by atoms with E-state index in [2.05, 4.69) is 15.5 Å². The van der Waals surface area contributed by atoms with Crippen LogP contribution in [0.4, 0.5) is 10.5 Å². The Labute approximate surface area is 156 Å². The Bertz CT molecular complexity index is 808. The molecule has 1 aromatic carbocycles. The number of amides is 1. The molecular formula is C17H22N4O6. The van der Waals surface area contributed by atoms with Gasteiger partial charge in [-0.2, -0.15) is 4.98 Å². The highest BCUT2D eigenvalue weighted by atomic mass is 16.6. The van der Waals surface area contributed by atoms with E-state index in [1.54, 1.807) is 34.6 Å². The minimum Gasteiger partial charge on any atom is -0.484 e. The third-order valence-electron chi connectivity index (χ3n) is 3.25. The molecule has 1 aromatic heterocycles. The molecule has 1 N–H and O–H groups in total. The molecule has 10 nitrogen and oxygen atoms in total. The first kappa shape index (κ1) is 20.1. The molecule has 0 bridgehead atoms. The Kier molecular flexibility index (Phi) is 5.67. The Morgan fingerprint density at radius 3 is 2.41 bits per heavy atom. The Hall–Kier alpha value is -3.17. The van der Waals surface area contributed by atoms with E-state index in [1.807, 2.05) is 0 Å². The number of ether oxygens (including phenoxy) is 2. The molecule has 0 atom stereocenters. The van der Waals surface area contributed by atoms with Gasteiger partial charge in [0.15, 0.2) is 12.4 Å². The first-order chi connectivity index (χ1) is 12.5. The summed E-state index contributed by atoms with van der Waals surface area (Å²) in [5.41, 5.74) is -1.57. The molecule has 146 valence electrons. The number of carbonyl (C=O) groups is 1. The molecule has 1 heterocycles. The molecule has 27 heavy (non-hydrogen) atoms. The quantitative estimate of drug-likeness (QED) is 0.598. The number of non-ortho nitro benzene ring substituents is 1. The summed E-state index contributed by atoms with van der Waals surface area (Å²) in [6, 6.07) is 5.62. The lowest BCUT2D eigenvalue weighted by Crippen LogP contribution is -2.44. The number of nitro benzene ring substituents is 1. The molecule has 10 heteroatoms. The average molecular weight is 378 g/mol. The third-order valence-corrected chi connectivity index (χ3v) is 3.25. The largest absolute Gasteiger partial charge is 0.484 e. The molecule has 2 rings (SSSR count). The van der Waals surface area contributed by atoms with Crippen LogP contribution in [0.2, 0.25) is 0 Å². The van der Waals surface area contributed by atoms with Gasteiger partial charge in [0.2, 0.25) is 0 Å². The fourth-order valence-electron chi connectivity index (χ4n) is 1.99. The van der Waals surface area contributed by atoms with Crippen LogP contribution in [0, 0.1) is 10.1 Å². The Morgan fingerprint density at radius 2 is 1.85 bits per heavy atom. The summed E-state index contributed by atoms with van der Waals surface area (Å²) < 4.78 is 15.8. The molecule has 0 saturated heterocycles. The van der Waals surface area contributed by atoms with Crippen LogP contribution in [-0.4, -0.2) is 26.8 Å². The summed E-state index contributed by atoms with van der Waals surface area (Å²) in [5, 5.41) is 17.2. The van der Waals surface area contributed by atoms with Gasteiger partial charge in [0, 0.05) is 12.1 Å². The summed E-state index contributed by atoms with van der Waals surface area (Å²) >= 11 is 0. The number of aromatic nitrogens is 2. The number of rotatable bonds is 6. The molecule has 2 aromatic rings. The molecule has 0 saturated carbocycles. The van der Waals surface area contributed by atoms with Crippen molar-refractivity contribution in [3.05, 3.63) is 46.1 Å². The molecule has 0 unspecified atom stereocenters. The SMILES string of the molecule is CC(C)(C)OC(=O)NC(C)(C)c1noc(COc2ccc([N+](=O)[O-])cc2)n1. The fourth-order valence-corrected chi connectivity index (χ4v) is 1.99. The second-order valence-electron chi connectivity index (χ2n) is 7.30. The van der Waals surface area contributed by atoms with Crippen LogP contribution in [0.1, 0.15) is 46.3 Å². The number of nitro groups is 1. The van der Waals surface area contributed by atoms with Crippen LogP contribution in [0.5, 0.6) is 5.75 Å². The van der Waals surface area contributed by atoms with Crippen LogP contribution in [0.15, 0.2) is 28.8 Å². The summed E-state index contributed by atoms with van der Waals surface area (Å²) in [4.78, 5) is 26.3. The van der Waals surface area contributed by atoms with Crippen molar-refractivity contribution in [3.8, 4) is 5.75 Å². The van der Waals surface area contributed by atoms with Crippen LogP contribution in [0.3, 0.4) is 0 Å². The van der Waals surface area contributed by atoms with E-state index >= 15 is 0 Å². The molecule has 0 aliphatic rings. The molecular weight excluding hydrogens is 356 g/mol. The lowest BCUT2D eigenvalue weighted by Gasteiger charge is -2.26. The zero-order chi connectivity index (χ0) is 20.2. The zero-order valence-electron chi connectivity index (χ0n) is 15.8. The van der Waals surface area contributed by atoms with Crippen molar-refractivity contribution in [1.82, 2.24) is 15.5 Å². The van der Waals surface area contributed by atoms with Gasteiger partial charge in [-0.15, -0.1) is 0 Å². The fraction of sp³-hybridized carbons (Fsp3) is 0.471. The molecule has 0 radical (unpaired) electrons. The summed E-state index contributed by atoms with van der Waals surface area (Å²) in [5.74, 6) is 0.879. The topological polar surface area (TPSA) is 130 Å². The van der Waals surface area contributed by atoms with Gasteiger partial charge in [0.25, 0.3) is 11.6 Å². The van der Waals surface area contributed by atoms with Crippen LogP contribution >= 0.6 is 0 Å². The maximum absolute atomic E-state index is 11.9. The lowest BCUT2D eigenvalue weighted by atomic mass is 10.1. The van der Waals surface area contributed by atoms with Gasteiger partial charge in [0.05, 0.1) is 4.92 Å². The van der Waals surface area contributed by atoms with Gasteiger partial charge in [0.1, 0.15) is 16.9 Å². The second-order valence-corrected chi connectivity index (χ2v) is 7.30. The maximum Gasteiger partial charge on any atom is 0.408 e. The summed E-state index contributed by atoms with van der Waals surface area (Å²) in [7, 11) is 0. The van der Waals surface area contributed by atoms with Crippen molar-refractivity contribution < 1.29 is 23.7 Å². The van der Waals surface area contributed by atoms with Crippen molar-refractivity contribution in [2.45, 2.75) is 52.4 Å². The minimum atomic E-state index is -0.919. The van der Waals surface area contributed by atoms with Crippen LogP contribution < -0.4 is 10.1 Å². The zero-order valence-corrected chi connectivity index (χ0v) is 15.8. The van der Waals surface area contributed by atoms with E-state index in [4.69, 9.17) is 14.0 Å². The predicted molar refractivity (Wildman–Crippen MR) is 94.1 cm³/mol. The molecule has 1 amide bonds. The van der Waals surface area contributed by atoms with Crippen molar-refractivity contribution in [2.24, 2.45) is 0 Å². The summed E-state index contributed by atoms with van der Waals surface area (Å²) in [6.45, 7) is 8.70. The van der Waals surface area contributed by atoms with E-state index in [1.165, 1.54) is 24.3 Å². The monoisotopic (exact) mass is 378 g/mol. The van der Waals surface area contributed by atoms with Gasteiger partial charge in [-0.25, -0.2) is 4.79 Å². The highest BCUT2D eigenvalue weighted by Crippen LogP contribution is 2.20. The third kappa shape index (κ3) is 5.94. The number of benzene rings is 1. The molecule has 0 fully saturated rings. The average Bonchev–Trinajstić information content (AvgIpc) is 3.00. The number of alkyl carbamates (subject to hydrolysis) is 1. The number of hydrogen-bond acceptors (Lipinski definition) is 8. The van der Waals surface area contributed by atoms with Crippen molar-refractivity contribution >= 4 is 11.8 Å². The lowest BCUT2D eigenvalue weighted by molar-refractivity contribution is -0.384. The van der Waals surface area contributed by atoms with Crippen molar-refractivity contribution in [3.63, 3.8) is 0 Å². The highest BCUT2D eigenvalue weighted by Gasteiger charge is 2.31. The first-order valence-corrected chi connectivity index (χ1v) is 8.18. The minimum absolute atomic E-state index is 0.0205. The van der Waals surface area contributed by atoms with Gasteiger partial charge < -0.3 is 19.3 Å². The van der Waals surface area contributed by atoms with E-state index in [0.29, 0.717) is 5.75 Å². The van der Waals surface area contributed by atoms with E-state index in [9.17, 15) is 14.9 Å².